The largest absolute Gasteiger partial charge is 0.414 e. The maximum Gasteiger partial charge on any atom is 0.192 e. The molecule has 0 amide bonds. The second kappa shape index (κ2) is 8.58. The minimum absolute atomic E-state index is 0.152. The molecule has 1 fully saturated rings. The topological polar surface area (TPSA) is 44.8 Å². The monoisotopic (exact) mass is 364 g/mol. The van der Waals surface area contributed by atoms with Crippen LogP contribution in [0.1, 0.15) is 39.2 Å². The number of Topliss-reactive ketones (excluding diaryl/α,β-unsaturated/α-hetero) is 1. The average Bonchev–Trinajstić information content (AvgIpc) is 2.53. The van der Waals surface area contributed by atoms with Crippen molar-refractivity contribution in [1.82, 2.24) is 0 Å². The van der Waals surface area contributed by atoms with Gasteiger partial charge in [0.1, 0.15) is 5.78 Å². The van der Waals surface area contributed by atoms with Crippen LogP contribution < -0.4 is 0 Å². The summed E-state index contributed by atoms with van der Waals surface area (Å²) in [4.78, 5) is 12.1. The van der Waals surface area contributed by atoms with Gasteiger partial charge in [0.05, 0.1) is 32.0 Å². The summed E-state index contributed by atoms with van der Waals surface area (Å²) in [7, 11) is -1.82. The first-order valence-electron chi connectivity index (χ1n) is 9.10. The van der Waals surface area contributed by atoms with Crippen LogP contribution in [0.4, 0.5) is 0 Å². The van der Waals surface area contributed by atoms with Crippen molar-refractivity contribution < 1.29 is 18.7 Å². The van der Waals surface area contributed by atoms with Crippen LogP contribution in [0.2, 0.25) is 18.1 Å². The molecule has 1 aliphatic heterocycles. The van der Waals surface area contributed by atoms with Crippen LogP contribution in [-0.4, -0.2) is 39.5 Å². The van der Waals surface area contributed by atoms with Crippen LogP contribution in [0.25, 0.3) is 0 Å². The van der Waals surface area contributed by atoms with Crippen LogP contribution in [0, 0.1) is 0 Å². The molecule has 1 aliphatic rings. The smallest absolute Gasteiger partial charge is 0.192 e. The standard InChI is InChI=1S/C20H32O4Si/c1-20(2,3)25(4,5)23-15-19-12-17(21)11-18(24-19)14-22-13-16-9-7-6-8-10-16/h6-10,18-19H,11-15H2,1-5H3/t18-,19+/m0/s1. The quantitative estimate of drug-likeness (QED) is 0.675. The molecule has 25 heavy (non-hydrogen) atoms. The summed E-state index contributed by atoms with van der Waals surface area (Å²) in [6, 6.07) is 10.0. The zero-order valence-electron chi connectivity index (χ0n) is 16.2. The summed E-state index contributed by atoms with van der Waals surface area (Å²) in [5, 5.41) is 0.157. The van der Waals surface area contributed by atoms with E-state index in [1.165, 1.54) is 0 Å². The second-order valence-electron chi connectivity index (χ2n) is 8.40. The molecule has 5 heteroatoms. The Morgan fingerprint density at radius 1 is 1.08 bits per heavy atom. The lowest BCUT2D eigenvalue weighted by atomic mass is 10.0. The molecule has 0 aromatic heterocycles. The highest BCUT2D eigenvalue weighted by molar-refractivity contribution is 6.74. The molecule has 0 aliphatic carbocycles. The SMILES string of the molecule is CC(C)(C)[Si](C)(C)OC[C@H]1CC(=O)C[C@@H](COCc2ccccc2)O1. The molecule has 2 atom stereocenters. The van der Waals surface area contributed by atoms with Gasteiger partial charge >= 0.3 is 0 Å². The van der Waals surface area contributed by atoms with Crippen LogP contribution in [0.15, 0.2) is 30.3 Å². The first kappa shape index (κ1) is 20.3. The number of benzene rings is 1. The lowest BCUT2D eigenvalue weighted by Gasteiger charge is -2.38. The number of rotatable bonds is 7. The first-order chi connectivity index (χ1) is 11.7. The molecular formula is C20H32O4Si. The molecular weight excluding hydrogens is 332 g/mol. The molecule has 0 unspecified atom stereocenters. The van der Waals surface area contributed by atoms with Crippen LogP contribution >= 0.6 is 0 Å². The minimum Gasteiger partial charge on any atom is -0.414 e. The van der Waals surface area contributed by atoms with Gasteiger partial charge in [-0.1, -0.05) is 51.1 Å². The summed E-state index contributed by atoms with van der Waals surface area (Å²) in [6.07, 6.45) is 0.563. The third-order valence-electron chi connectivity index (χ3n) is 5.15. The number of ether oxygens (including phenoxy) is 2. The van der Waals surface area contributed by atoms with E-state index in [0.29, 0.717) is 32.7 Å². The second-order valence-corrected chi connectivity index (χ2v) is 13.2. The summed E-state index contributed by atoms with van der Waals surface area (Å²) in [6.45, 7) is 12.6. The Morgan fingerprint density at radius 3 is 2.28 bits per heavy atom. The van der Waals surface area contributed by atoms with Crippen LogP contribution in [-0.2, 0) is 25.3 Å². The van der Waals surface area contributed by atoms with Crippen molar-refractivity contribution in [2.45, 2.75) is 70.6 Å². The summed E-state index contributed by atoms with van der Waals surface area (Å²) >= 11 is 0. The summed E-state index contributed by atoms with van der Waals surface area (Å²) in [5.41, 5.74) is 1.13. The van der Waals surface area contributed by atoms with Crippen molar-refractivity contribution in [3.8, 4) is 0 Å². The molecule has 1 heterocycles. The molecule has 0 radical (unpaired) electrons. The number of ketones is 1. The van der Waals surface area contributed by atoms with Gasteiger partial charge in [0, 0.05) is 12.8 Å². The van der Waals surface area contributed by atoms with Gasteiger partial charge in [-0.15, -0.1) is 0 Å². The predicted octanol–water partition coefficient (Wildman–Crippen LogP) is 4.34. The molecule has 0 spiro atoms. The van der Waals surface area contributed by atoms with Crippen molar-refractivity contribution in [1.29, 1.82) is 0 Å². The van der Waals surface area contributed by atoms with E-state index in [0.717, 1.165) is 5.56 Å². The fourth-order valence-electron chi connectivity index (χ4n) is 2.56. The van der Waals surface area contributed by atoms with Gasteiger partial charge in [-0.3, -0.25) is 4.79 Å². The normalized spacial score (nSPS) is 22.2. The Kier molecular flexibility index (Phi) is 6.97. The van der Waals surface area contributed by atoms with E-state index in [2.05, 4.69) is 33.9 Å². The summed E-state index contributed by atoms with van der Waals surface area (Å²) < 4.78 is 18.0. The molecule has 2 rings (SSSR count). The van der Waals surface area contributed by atoms with Crippen molar-refractivity contribution >= 4 is 14.1 Å². The Bertz CT molecular complexity index is 551. The van der Waals surface area contributed by atoms with Gasteiger partial charge in [0.25, 0.3) is 0 Å². The van der Waals surface area contributed by atoms with Crippen molar-refractivity contribution in [2.75, 3.05) is 13.2 Å². The van der Waals surface area contributed by atoms with Crippen LogP contribution in [0.5, 0.6) is 0 Å². The minimum atomic E-state index is -1.82. The van der Waals surface area contributed by atoms with Gasteiger partial charge in [-0.2, -0.15) is 0 Å². The summed E-state index contributed by atoms with van der Waals surface area (Å²) in [5.74, 6) is 0.239. The molecule has 0 bridgehead atoms. The molecule has 0 saturated carbocycles. The van der Waals surface area contributed by atoms with E-state index in [4.69, 9.17) is 13.9 Å². The Balaban J connectivity index is 1.79. The van der Waals surface area contributed by atoms with E-state index >= 15 is 0 Å². The predicted molar refractivity (Wildman–Crippen MR) is 102 cm³/mol. The number of carbonyl (C=O) groups is 1. The third kappa shape index (κ3) is 6.33. The van der Waals surface area contributed by atoms with Gasteiger partial charge in [-0.05, 0) is 23.7 Å². The fraction of sp³-hybridized carbons (Fsp3) is 0.650. The lowest BCUT2D eigenvalue weighted by Crippen LogP contribution is -2.45. The van der Waals surface area contributed by atoms with Crippen molar-refractivity contribution in [3.63, 3.8) is 0 Å². The molecule has 1 aromatic rings. The van der Waals surface area contributed by atoms with E-state index in [1.54, 1.807) is 0 Å². The fourth-order valence-corrected chi connectivity index (χ4v) is 3.59. The van der Waals surface area contributed by atoms with Gasteiger partial charge in [-0.25, -0.2) is 0 Å². The highest BCUT2D eigenvalue weighted by Crippen LogP contribution is 2.37. The van der Waals surface area contributed by atoms with Crippen molar-refractivity contribution in [3.05, 3.63) is 35.9 Å². The average molecular weight is 365 g/mol. The van der Waals surface area contributed by atoms with E-state index in [9.17, 15) is 4.79 Å². The zero-order valence-corrected chi connectivity index (χ0v) is 17.2. The number of carbonyl (C=O) groups excluding carboxylic acids is 1. The highest BCUT2D eigenvalue weighted by atomic mass is 28.4. The maximum absolute atomic E-state index is 12.1. The van der Waals surface area contributed by atoms with E-state index in [1.807, 2.05) is 30.3 Å². The van der Waals surface area contributed by atoms with Gasteiger partial charge < -0.3 is 13.9 Å². The maximum atomic E-state index is 12.1. The Morgan fingerprint density at radius 2 is 1.68 bits per heavy atom. The molecule has 1 aromatic carbocycles. The van der Waals surface area contributed by atoms with Gasteiger partial charge in [0.2, 0.25) is 0 Å². The van der Waals surface area contributed by atoms with E-state index in [-0.39, 0.29) is 23.0 Å². The molecule has 140 valence electrons. The highest BCUT2D eigenvalue weighted by Gasteiger charge is 2.38. The van der Waals surface area contributed by atoms with E-state index < -0.39 is 8.32 Å². The Hall–Kier alpha value is -1.01. The molecule has 0 N–H and O–H groups in total. The first-order valence-corrected chi connectivity index (χ1v) is 12.0. The van der Waals surface area contributed by atoms with Crippen LogP contribution in [0.3, 0.4) is 0 Å². The van der Waals surface area contributed by atoms with Gasteiger partial charge in [0.15, 0.2) is 8.32 Å². The third-order valence-corrected chi connectivity index (χ3v) is 9.65. The molecule has 4 nitrogen and oxygen atoms in total. The lowest BCUT2D eigenvalue weighted by molar-refractivity contribution is -0.144. The number of hydrogen-bond donors (Lipinski definition) is 0. The Labute approximate surface area is 153 Å². The van der Waals surface area contributed by atoms with Crippen molar-refractivity contribution in [2.24, 2.45) is 0 Å². The zero-order chi connectivity index (χ0) is 18.5. The molecule has 1 saturated heterocycles. The number of hydrogen-bond acceptors (Lipinski definition) is 4.